The van der Waals surface area contributed by atoms with E-state index >= 15 is 0 Å². The third-order valence-corrected chi connectivity index (χ3v) is 3.63. The Morgan fingerprint density at radius 3 is 2.48 bits per heavy atom. The molecule has 0 radical (unpaired) electrons. The minimum atomic E-state index is -0.533. The Bertz CT molecular complexity index is 615. The fourth-order valence-electron chi connectivity index (χ4n) is 2.51. The molecule has 0 unspecified atom stereocenters. The van der Waals surface area contributed by atoms with E-state index < -0.39 is 4.92 Å². The molecule has 1 aromatic heterocycles. The zero-order valence-electron chi connectivity index (χ0n) is 11.6. The lowest BCUT2D eigenvalue weighted by Crippen LogP contribution is -2.17. The van der Waals surface area contributed by atoms with Gasteiger partial charge in [-0.25, -0.2) is 0 Å². The summed E-state index contributed by atoms with van der Waals surface area (Å²) in [6.07, 6.45) is 2.52. The first-order valence-corrected chi connectivity index (χ1v) is 7.04. The predicted molar refractivity (Wildman–Crippen MR) is 80.6 cm³/mol. The Balaban J connectivity index is 1.58. The van der Waals surface area contributed by atoms with E-state index in [0.717, 1.165) is 18.8 Å². The zero-order chi connectivity index (χ0) is 14.7. The smallest absolute Gasteiger partial charge is 0.404 e. The molecule has 0 aliphatic carbocycles. The van der Waals surface area contributed by atoms with Crippen molar-refractivity contribution < 1.29 is 9.34 Å². The second-order valence-corrected chi connectivity index (χ2v) is 5.09. The summed E-state index contributed by atoms with van der Waals surface area (Å²) in [5.41, 5.74) is 2.21. The molecule has 3 rings (SSSR count). The van der Waals surface area contributed by atoms with Gasteiger partial charge in [0.1, 0.15) is 10.7 Å². The molecule has 0 bridgehead atoms. The van der Waals surface area contributed by atoms with Crippen molar-refractivity contribution >= 4 is 17.3 Å². The van der Waals surface area contributed by atoms with E-state index in [9.17, 15) is 10.1 Å². The van der Waals surface area contributed by atoms with Crippen molar-refractivity contribution in [2.24, 2.45) is 0 Å². The molecule has 1 N–H and O–H groups in total. The first-order valence-electron chi connectivity index (χ1n) is 7.04. The molecule has 1 aromatic carbocycles. The van der Waals surface area contributed by atoms with Crippen molar-refractivity contribution in [3.63, 3.8) is 0 Å². The molecule has 21 heavy (non-hydrogen) atoms. The van der Waals surface area contributed by atoms with Crippen LogP contribution in [0.15, 0.2) is 40.8 Å². The minimum Gasteiger partial charge on any atom is -0.404 e. The highest BCUT2D eigenvalue weighted by molar-refractivity contribution is 5.55. The van der Waals surface area contributed by atoms with Gasteiger partial charge >= 0.3 is 5.88 Å². The fraction of sp³-hybridized carbons (Fsp3) is 0.333. The van der Waals surface area contributed by atoms with E-state index in [4.69, 9.17) is 4.42 Å². The number of hydrogen-bond acceptors (Lipinski definition) is 5. The quantitative estimate of drug-likeness (QED) is 0.674. The second kappa shape index (κ2) is 5.87. The Kier molecular flexibility index (Phi) is 3.77. The van der Waals surface area contributed by atoms with Gasteiger partial charge in [0.25, 0.3) is 0 Å². The molecule has 110 valence electrons. The maximum Gasteiger partial charge on any atom is 0.433 e. The third kappa shape index (κ3) is 3.16. The zero-order valence-corrected chi connectivity index (χ0v) is 11.6. The molecule has 2 heterocycles. The van der Waals surface area contributed by atoms with Crippen molar-refractivity contribution in [2.45, 2.75) is 19.4 Å². The predicted octanol–water partition coefficient (Wildman–Crippen LogP) is 3.40. The number of anilines is 2. The molecular weight excluding hydrogens is 270 g/mol. The molecule has 0 spiro atoms. The fourth-order valence-corrected chi connectivity index (χ4v) is 2.51. The molecule has 6 heteroatoms. The topological polar surface area (TPSA) is 71.6 Å². The molecule has 6 nitrogen and oxygen atoms in total. The van der Waals surface area contributed by atoms with Crippen LogP contribution in [-0.2, 0) is 6.54 Å². The highest BCUT2D eigenvalue weighted by Crippen LogP contribution is 2.23. The number of nitro groups is 1. The minimum absolute atomic E-state index is 0.226. The third-order valence-electron chi connectivity index (χ3n) is 3.63. The molecule has 1 aliphatic rings. The maximum absolute atomic E-state index is 10.5. The maximum atomic E-state index is 10.5. The van der Waals surface area contributed by atoms with Crippen LogP contribution in [0.1, 0.15) is 18.6 Å². The van der Waals surface area contributed by atoms with Gasteiger partial charge in [-0.2, -0.15) is 0 Å². The van der Waals surface area contributed by atoms with Crippen molar-refractivity contribution in [3.8, 4) is 0 Å². The SMILES string of the molecule is O=[N+]([O-])c1ccc(CNc2ccc(N3CCCC3)cc2)o1. The van der Waals surface area contributed by atoms with Crippen LogP contribution in [0.25, 0.3) is 0 Å². The van der Waals surface area contributed by atoms with Crippen molar-refractivity contribution in [3.05, 3.63) is 52.3 Å². The summed E-state index contributed by atoms with van der Waals surface area (Å²) in [7, 11) is 0. The van der Waals surface area contributed by atoms with Crippen LogP contribution in [0.4, 0.5) is 17.3 Å². The molecule has 2 aromatic rings. The van der Waals surface area contributed by atoms with Crippen molar-refractivity contribution in [2.75, 3.05) is 23.3 Å². The van der Waals surface area contributed by atoms with Gasteiger partial charge in [0, 0.05) is 24.5 Å². The molecule has 0 amide bonds. The van der Waals surface area contributed by atoms with Crippen LogP contribution in [0, 0.1) is 10.1 Å². The van der Waals surface area contributed by atoms with Gasteiger partial charge in [-0.05, 0) is 43.2 Å². The average Bonchev–Trinajstić information content (AvgIpc) is 3.17. The van der Waals surface area contributed by atoms with Crippen molar-refractivity contribution in [1.82, 2.24) is 0 Å². The van der Waals surface area contributed by atoms with Gasteiger partial charge < -0.3 is 14.6 Å². The Hall–Kier alpha value is -2.50. The van der Waals surface area contributed by atoms with Gasteiger partial charge in [0.15, 0.2) is 0 Å². The highest BCUT2D eigenvalue weighted by atomic mass is 16.6. The van der Waals surface area contributed by atoms with Crippen LogP contribution in [-0.4, -0.2) is 18.0 Å². The number of hydrogen-bond donors (Lipinski definition) is 1. The largest absolute Gasteiger partial charge is 0.433 e. The summed E-state index contributed by atoms with van der Waals surface area (Å²) in [6.45, 7) is 2.68. The molecular formula is C15H17N3O3. The average molecular weight is 287 g/mol. The van der Waals surface area contributed by atoms with E-state index in [1.165, 1.54) is 24.6 Å². The van der Waals surface area contributed by atoms with E-state index in [-0.39, 0.29) is 5.88 Å². The van der Waals surface area contributed by atoms with Gasteiger partial charge in [0.05, 0.1) is 12.6 Å². The van der Waals surface area contributed by atoms with E-state index in [2.05, 4.69) is 22.3 Å². The lowest BCUT2D eigenvalue weighted by Gasteiger charge is -2.17. The van der Waals surface area contributed by atoms with Crippen molar-refractivity contribution in [1.29, 1.82) is 0 Å². The molecule has 1 fully saturated rings. The Morgan fingerprint density at radius 2 is 1.86 bits per heavy atom. The van der Waals surface area contributed by atoms with Gasteiger partial charge in [-0.1, -0.05) is 0 Å². The number of rotatable bonds is 5. The Morgan fingerprint density at radius 1 is 1.14 bits per heavy atom. The normalized spacial score (nSPS) is 14.4. The summed E-state index contributed by atoms with van der Waals surface area (Å²) >= 11 is 0. The van der Waals surface area contributed by atoms with Crippen LogP contribution in [0.2, 0.25) is 0 Å². The van der Waals surface area contributed by atoms with Crippen LogP contribution < -0.4 is 10.2 Å². The first-order chi connectivity index (χ1) is 10.2. The van der Waals surface area contributed by atoms with E-state index in [1.807, 2.05) is 12.1 Å². The molecule has 1 aliphatic heterocycles. The summed E-state index contributed by atoms with van der Waals surface area (Å²) in [6, 6.07) is 11.2. The van der Waals surface area contributed by atoms with Crippen LogP contribution in [0.3, 0.4) is 0 Å². The number of nitrogens with one attached hydrogen (secondary N) is 1. The monoisotopic (exact) mass is 287 g/mol. The van der Waals surface area contributed by atoms with Gasteiger partial charge in [-0.3, -0.25) is 10.1 Å². The van der Waals surface area contributed by atoms with Gasteiger partial charge in [0.2, 0.25) is 0 Å². The second-order valence-electron chi connectivity index (χ2n) is 5.09. The summed E-state index contributed by atoms with van der Waals surface area (Å²) < 4.78 is 5.10. The summed E-state index contributed by atoms with van der Waals surface area (Å²) in [5.74, 6) is 0.321. The molecule has 0 atom stereocenters. The molecule has 0 saturated carbocycles. The van der Waals surface area contributed by atoms with Gasteiger partial charge in [-0.15, -0.1) is 0 Å². The van der Waals surface area contributed by atoms with Crippen LogP contribution >= 0.6 is 0 Å². The standard InChI is InChI=1S/C15H17N3O3/c19-18(20)15-8-7-14(21-15)11-16-12-3-5-13(6-4-12)17-9-1-2-10-17/h3-8,16H,1-2,9-11H2. The Labute approximate surface area is 122 Å². The number of benzene rings is 1. The highest BCUT2D eigenvalue weighted by Gasteiger charge is 2.13. The lowest BCUT2D eigenvalue weighted by atomic mass is 10.2. The number of furan rings is 1. The first kappa shape index (κ1) is 13.5. The summed E-state index contributed by atoms with van der Waals surface area (Å²) in [5, 5.41) is 13.7. The number of nitrogens with zero attached hydrogens (tertiary/aromatic N) is 2. The summed E-state index contributed by atoms with van der Waals surface area (Å²) in [4.78, 5) is 12.4. The van der Waals surface area contributed by atoms with E-state index in [0.29, 0.717) is 12.3 Å². The molecule has 1 saturated heterocycles. The van der Waals surface area contributed by atoms with E-state index in [1.54, 1.807) is 6.07 Å². The lowest BCUT2D eigenvalue weighted by molar-refractivity contribution is -0.402. The van der Waals surface area contributed by atoms with Crippen LogP contribution in [0.5, 0.6) is 0 Å².